The van der Waals surface area contributed by atoms with Crippen LogP contribution in [0.25, 0.3) is 15.7 Å². The van der Waals surface area contributed by atoms with Crippen LogP contribution in [0.5, 0.6) is 0 Å². The summed E-state index contributed by atoms with van der Waals surface area (Å²) >= 11 is 0. The molecule has 0 fully saturated rings. The molecule has 7 heteroatoms. The molecule has 0 aliphatic carbocycles. The van der Waals surface area contributed by atoms with Gasteiger partial charge in [-0.05, 0) is 11.5 Å². The Bertz CT molecular complexity index is 702. The van der Waals surface area contributed by atoms with E-state index in [9.17, 15) is 8.42 Å². The van der Waals surface area contributed by atoms with E-state index in [-0.39, 0.29) is 28.4 Å². The molecule has 0 heterocycles. The third-order valence-corrected chi connectivity index (χ3v) is 3.13. The van der Waals surface area contributed by atoms with Crippen LogP contribution in [0.3, 0.4) is 0 Å². The van der Waals surface area contributed by atoms with Gasteiger partial charge in [0.25, 0.3) is 10.1 Å². The second-order valence-corrected chi connectivity index (χ2v) is 4.60. The van der Waals surface area contributed by atoms with Crippen molar-refractivity contribution in [3.05, 3.63) is 41.4 Å². The SMILES string of the molecule is N#[N+]c1cccc2cccc(S(=O)(=O)O)c12.[Cl-]. The average Bonchev–Trinajstić information content (AvgIpc) is 2.26. The summed E-state index contributed by atoms with van der Waals surface area (Å²) in [5.41, 5.74) is 0.103. The Morgan fingerprint density at radius 3 is 2.24 bits per heavy atom. The number of halogens is 1. The fraction of sp³-hybridized carbons (Fsp3) is 0. The van der Waals surface area contributed by atoms with Gasteiger partial charge in [0, 0.05) is 6.07 Å². The quantitative estimate of drug-likeness (QED) is 0.563. The third kappa shape index (κ3) is 2.36. The van der Waals surface area contributed by atoms with Gasteiger partial charge in [-0.2, -0.15) is 8.42 Å². The van der Waals surface area contributed by atoms with Crippen LogP contribution in [0.4, 0.5) is 5.69 Å². The first-order valence-electron chi connectivity index (χ1n) is 4.38. The maximum Gasteiger partial charge on any atom is 0.394 e. The van der Waals surface area contributed by atoms with Gasteiger partial charge >= 0.3 is 5.69 Å². The third-order valence-electron chi connectivity index (χ3n) is 2.23. The fourth-order valence-corrected chi connectivity index (χ4v) is 2.32. The van der Waals surface area contributed by atoms with E-state index in [0.717, 1.165) is 0 Å². The van der Waals surface area contributed by atoms with E-state index in [0.29, 0.717) is 5.39 Å². The molecule has 0 radical (unpaired) electrons. The number of hydrogen-bond acceptors (Lipinski definition) is 3. The van der Waals surface area contributed by atoms with E-state index in [4.69, 9.17) is 9.95 Å². The van der Waals surface area contributed by atoms with Gasteiger partial charge < -0.3 is 12.4 Å². The van der Waals surface area contributed by atoms with Crippen molar-refractivity contribution in [3.63, 3.8) is 0 Å². The van der Waals surface area contributed by atoms with E-state index in [1.807, 2.05) is 0 Å². The van der Waals surface area contributed by atoms with Gasteiger partial charge in [0.2, 0.25) is 5.39 Å². The molecular formula is C10H7ClN2O3S. The summed E-state index contributed by atoms with van der Waals surface area (Å²) in [6.07, 6.45) is 0. The van der Waals surface area contributed by atoms with Crippen molar-refractivity contribution in [1.82, 2.24) is 0 Å². The van der Waals surface area contributed by atoms with E-state index >= 15 is 0 Å². The summed E-state index contributed by atoms with van der Waals surface area (Å²) in [5, 5.41) is 9.55. The highest BCUT2D eigenvalue weighted by atomic mass is 35.5. The van der Waals surface area contributed by atoms with Crippen molar-refractivity contribution >= 4 is 26.6 Å². The van der Waals surface area contributed by atoms with Crippen LogP contribution in [-0.4, -0.2) is 13.0 Å². The summed E-state index contributed by atoms with van der Waals surface area (Å²) in [6.45, 7) is 0. The summed E-state index contributed by atoms with van der Waals surface area (Å²) < 4.78 is 31.4. The average molecular weight is 271 g/mol. The molecule has 0 aromatic heterocycles. The van der Waals surface area contributed by atoms with Crippen LogP contribution in [0.2, 0.25) is 0 Å². The predicted octanol–water partition coefficient (Wildman–Crippen LogP) is -0.425. The van der Waals surface area contributed by atoms with Gasteiger partial charge in [-0.25, -0.2) is 0 Å². The van der Waals surface area contributed by atoms with Gasteiger partial charge in [-0.1, -0.05) is 24.3 Å². The fourth-order valence-electron chi connectivity index (χ4n) is 1.59. The van der Waals surface area contributed by atoms with Crippen molar-refractivity contribution in [2.24, 2.45) is 0 Å². The lowest BCUT2D eigenvalue weighted by Crippen LogP contribution is -3.00. The van der Waals surface area contributed by atoms with Gasteiger partial charge in [0.05, 0.1) is 5.39 Å². The summed E-state index contributed by atoms with van der Waals surface area (Å²) in [5.74, 6) is 0. The zero-order valence-corrected chi connectivity index (χ0v) is 9.98. The number of diazo groups is 1. The Morgan fingerprint density at radius 1 is 1.12 bits per heavy atom. The molecule has 0 saturated carbocycles. The number of benzene rings is 2. The predicted molar refractivity (Wildman–Crippen MR) is 58.5 cm³/mol. The molecule has 1 N–H and O–H groups in total. The Hall–Kier alpha value is -1.68. The normalized spacial score (nSPS) is 10.6. The molecule has 88 valence electrons. The smallest absolute Gasteiger partial charge is 0.394 e. The molecule has 2 rings (SSSR count). The van der Waals surface area contributed by atoms with Crippen molar-refractivity contribution in [2.45, 2.75) is 4.90 Å². The maximum atomic E-state index is 11.1. The summed E-state index contributed by atoms with van der Waals surface area (Å²) in [6, 6.07) is 9.18. The minimum Gasteiger partial charge on any atom is -1.00 e. The van der Waals surface area contributed by atoms with Crippen LogP contribution < -0.4 is 12.4 Å². The molecule has 0 amide bonds. The minimum atomic E-state index is -4.33. The molecule has 2 aromatic carbocycles. The highest BCUT2D eigenvalue weighted by molar-refractivity contribution is 7.86. The van der Waals surface area contributed by atoms with Crippen LogP contribution >= 0.6 is 0 Å². The molecule has 2 aromatic rings. The molecule has 5 nitrogen and oxygen atoms in total. The lowest BCUT2D eigenvalue weighted by Gasteiger charge is -2.00. The van der Waals surface area contributed by atoms with E-state index in [2.05, 4.69) is 4.98 Å². The summed E-state index contributed by atoms with van der Waals surface area (Å²) in [4.78, 5) is 2.73. The van der Waals surface area contributed by atoms with Gasteiger partial charge in [0.1, 0.15) is 4.90 Å². The standard InChI is InChI=1S/C10H6N2O3S.ClH/c11-12-8-5-1-3-7-4-2-6-9(10(7)8)16(13,14)15;/h1-6H;1H. The Kier molecular flexibility index (Phi) is 3.68. The topological polar surface area (TPSA) is 82.5 Å². The highest BCUT2D eigenvalue weighted by Gasteiger charge is 2.21. The Morgan fingerprint density at radius 2 is 1.71 bits per heavy atom. The number of rotatable bonds is 1. The zero-order valence-electron chi connectivity index (χ0n) is 8.41. The van der Waals surface area contributed by atoms with E-state index in [1.165, 1.54) is 18.2 Å². The zero-order chi connectivity index (χ0) is 11.8. The molecule has 0 aliphatic rings. The minimum absolute atomic E-state index is 0. The van der Waals surface area contributed by atoms with Crippen molar-refractivity contribution in [1.29, 1.82) is 5.39 Å². The van der Waals surface area contributed by atoms with Crippen molar-refractivity contribution in [2.75, 3.05) is 0 Å². The molecule has 0 aliphatic heterocycles. The van der Waals surface area contributed by atoms with Crippen molar-refractivity contribution in [3.8, 4) is 0 Å². The van der Waals surface area contributed by atoms with Gasteiger partial charge in [0.15, 0.2) is 4.98 Å². The molecule has 0 unspecified atom stereocenters. The first-order valence-corrected chi connectivity index (χ1v) is 5.82. The second-order valence-electron chi connectivity index (χ2n) is 3.21. The maximum absolute atomic E-state index is 11.1. The summed E-state index contributed by atoms with van der Waals surface area (Å²) in [7, 11) is -4.33. The Labute approximate surface area is 104 Å². The lowest BCUT2D eigenvalue weighted by molar-refractivity contribution is -0.00000753. The van der Waals surface area contributed by atoms with Crippen LogP contribution in [-0.2, 0) is 10.1 Å². The lowest BCUT2D eigenvalue weighted by atomic mass is 10.1. The molecule has 0 spiro atoms. The largest absolute Gasteiger partial charge is 1.00 e. The molecule has 0 saturated heterocycles. The van der Waals surface area contributed by atoms with E-state index in [1.54, 1.807) is 18.2 Å². The number of nitrogens with zero attached hydrogens (tertiary/aromatic N) is 2. The second kappa shape index (κ2) is 4.67. The van der Waals surface area contributed by atoms with Gasteiger partial charge in [-0.15, -0.1) is 0 Å². The van der Waals surface area contributed by atoms with Crippen LogP contribution in [0.15, 0.2) is 41.3 Å². The number of hydrogen-bond donors (Lipinski definition) is 1. The highest BCUT2D eigenvalue weighted by Crippen LogP contribution is 2.31. The monoisotopic (exact) mass is 270 g/mol. The molecule has 0 bridgehead atoms. The molecule has 0 atom stereocenters. The van der Waals surface area contributed by atoms with Crippen LogP contribution in [0.1, 0.15) is 0 Å². The molecular weight excluding hydrogens is 264 g/mol. The van der Waals surface area contributed by atoms with Gasteiger partial charge in [-0.3, -0.25) is 4.55 Å². The first-order chi connectivity index (χ1) is 7.54. The number of fused-ring (bicyclic) bond motifs is 1. The van der Waals surface area contributed by atoms with Crippen molar-refractivity contribution < 1.29 is 25.4 Å². The first kappa shape index (κ1) is 13.4. The Balaban J connectivity index is 0.00000144. The molecule has 17 heavy (non-hydrogen) atoms. The van der Waals surface area contributed by atoms with Crippen LogP contribution in [0, 0.1) is 5.39 Å². The van der Waals surface area contributed by atoms with E-state index < -0.39 is 10.1 Å².